The van der Waals surface area contributed by atoms with Crippen molar-refractivity contribution in [2.24, 2.45) is 0 Å². The lowest BCUT2D eigenvalue weighted by atomic mass is 10.2. The molecule has 0 atom stereocenters. The Kier molecular flexibility index (Phi) is 5.77. The van der Waals surface area contributed by atoms with Gasteiger partial charge in [0, 0.05) is 5.02 Å². The quantitative estimate of drug-likeness (QED) is 0.819. The molecule has 0 heterocycles. The molecule has 23 heavy (non-hydrogen) atoms. The highest BCUT2D eigenvalue weighted by molar-refractivity contribution is 6.32. The number of rotatable bonds is 5. The maximum atomic E-state index is 11.7. The summed E-state index contributed by atoms with van der Waals surface area (Å²) in [6.07, 6.45) is 0.420. The van der Waals surface area contributed by atoms with Gasteiger partial charge in [-0.25, -0.2) is 9.59 Å². The van der Waals surface area contributed by atoms with Crippen molar-refractivity contribution in [3.05, 3.63) is 76.4 Å². The van der Waals surface area contributed by atoms with Crippen LogP contribution in [0, 0.1) is 0 Å². The fourth-order valence-electron chi connectivity index (χ4n) is 1.77. The standard InChI is InChI=1S/C17H14ClNO4/c18-14-9-5-4-8-13(14)10-15(16(20)21)19-17(22)23-11-12-6-2-1-3-7-12/h1-10H,11H2,(H,19,22)(H,20,21)/b15-10-. The van der Waals surface area contributed by atoms with Gasteiger partial charge in [0.25, 0.3) is 0 Å². The van der Waals surface area contributed by atoms with E-state index in [0.717, 1.165) is 5.56 Å². The van der Waals surface area contributed by atoms with Crippen molar-refractivity contribution in [2.75, 3.05) is 0 Å². The molecule has 0 radical (unpaired) electrons. The third-order valence-electron chi connectivity index (χ3n) is 2.88. The molecule has 0 aliphatic carbocycles. The van der Waals surface area contributed by atoms with Gasteiger partial charge in [0.1, 0.15) is 12.3 Å². The van der Waals surface area contributed by atoms with E-state index >= 15 is 0 Å². The molecule has 0 saturated carbocycles. The Balaban J connectivity index is 2.03. The second-order valence-corrected chi connectivity index (χ2v) is 4.98. The van der Waals surface area contributed by atoms with Crippen molar-refractivity contribution < 1.29 is 19.4 Å². The molecule has 0 spiro atoms. The highest BCUT2D eigenvalue weighted by Crippen LogP contribution is 2.17. The summed E-state index contributed by atoms with van der Waals surface area (Å²) >= 11 is 5.97. The molecule has 2 aromatic carbocycles. The number of hydrogen-bond acceptors (Lipinski definition) is 3. The summed E-state index contributed by atoms with van der Waals surface area (Å²) in [6, 6.07) is 15.8. The number of amides is 1. The maximum absolute atomic E-state index is 11.7. The highest BCUT2D eigenvalue weighted by Gasteiger charge is 2.13. The second-order valence-electron chi connectivity index (χ2n) is 4.57. The van der Waals surface area contributed by atoms with Crippen molar-refractivity contribution in [3.63, 3.8) is 0 Å². The lowest BCUT2D eigenvalue weighted by Crippen LogP contribution is -2.27. The van der Waals surface area contributed by atoms with Crippen molar-refractivity contribution in [2.45, 2.75) is 6.61 Å². The summed E-state index contributed by atoms with van der Waals surface area (Å²) in [4.78, 5) is 23.0. The maximum Gasteiger partial charge on any atom is 0.412 e. The zero-order valence-corrected chi connectivity index (χ0v) is 12.8. The van der Waals surface area contributed by atoms with Crippen LogP contribution in [0.1, 0.15) is 11.1 Å². The number of carbonyl (C=O) groups excluding carboxylic acids is 1. The van der Waals surface area contributed by atoms with Crippen LogP contribution in [0.4, 0.5) is 4.79 Å². The first-order valence-corrected chi connectivity index (χ1v) is 7.11. The van der Waals surface area contributed by atoms with Crippen molar-refractivity contribution in [1.82, 2.24) is 5.32 Å². The molecule has 2 rings (SSSR count). The van der Waals surface area contributed by atoms with Crippen LogP contribution in [0.25, 0.3) is 6.08 Å². The van der Waals surface area contributed by atoms with Crippen molar-refractivity contribution in [1.29, 1.82) is 0 Å². The van der Waals surface area contributed by atoms with Gasteiger partial charge in [-0.15, -0.1) is 0 Å². The van der Waals surface area contributed by atoms with Crippen LogP contribution < -0.4 is 5.32 Å². The zero-order valence-electron chi connectivity index (χ0n) is 12.0. The number of alkyl carbamates (subject to hydrolysis) is 1. The predicted octanol–water partition coefficient (Wildman–Crippen LogP) is 3.69. The van der Waals surface area contributed by atoms with Gasteiger partial charge in [0.2, 0.25) is 0 Å². The fourth-order valence-corrected chi connectivity index (χ4v) is 1.96. The number of ether oxygens (including phenoxy) is 1. The summed E-state index contributed by atoms with van der Waals surface area (Å²) in [5.41, 5.74) is 0.959. The zero-order chi connectivity index (χ0) is 16.7. The molecule has 0 saturated heterocycles. The summed E-state index contributed by atoms with van der Waals surface area (Å²) in [5, 5.41) is 11.8. The summed E-state index contributed by atoms with van der Waals surface area (Å²) in [5.74, 6) is -1.29. The Labute approximate surface area is 138 Å². The number of halogens is 1. The van der Waals surface area contributed by atoms with Crippen LogP contribution in [0.5, 0.6) is 0 Å². The topological polar surface area (TPSA) is 75.6 Å². The Bertz CT molecular complexity index is 728. The van der Waals surface area contributed by atoms with Crippen LogP contribution in [-0.4, -0.2) is 17.2 Å². The van der Waals surface area contributed by atoms with E-state index < -0.39 is 12.1 Å². The third kappa shape index (κ3) is 5.16. The van der Waals surface area contributed by atoms with Crippen LogP contribution in [-0.2, 0) is 16.1 Å². The molecular weight excluding hydrogens is 318 g/mol. The smallest absolute Gasteiger partial charge is 0.412 e. The Morgan fingerprint density at radius 2 is 1.74 bits per heavy atom. The van der Waals surface area contributed by atoms with Gasteiger partial charge >= 0.3 is 12.1 Å². The average Bonchev–Trinajstić information content (AvgIpc) is 2.55. The van der Waals surface area contributed by atoms with E-state index in [0.29, 0.717) is 10.6 Å². The van der Waals surface area contributed by atoms with E-state index in [1.165, 1.54) is 6.08 Å². The van der Waals surface area contributed by atoms with Gasteiger partial charge in [-0.1, -0.05) is 60.1 Å². The molecule has 0 fully saturated rings. The van der Waals surface area contributed by atoms with Crippen LogP contribution in [0.3, 0.4) is 0 Å². The number of hydrogen-bond donors (Lipinski definition) is 2. The molecule has 2 N–H and O–H groups in total. The van der Waals surface area contributed by atoms with Gasteiger partial charge in [-0.2, -0.15) is 0 Å². The van der Waals surface area contributed by atoms with Gasteiger partial charge in [0.15, 0.2) is 0 Å². The largest absolute Gasteiger partial charge is 0.477 e. The molecule has 0 aliphatic heterocycles. The van der Waals surface area contributed by atoms with Gasteiger partial charge < -0.3 is 9.84 Å². The Hall–Kier alpha value is -2.79. The molecule has 0 unspecified atom stereocenters. The van der Waals surface area contributed by atoms with Gasteiger partial charge in [0.05, 0.1) is 0 Å². The van der Waals surface area contributed by atoms with Crippen LogP contribution >= 0.6 is 11.6 Å². The molecule has 118 valence electrons. The SMILES string of the molecule is O=C(N/C(=C\c1ccccc1Cl)C(=O)O)OCc1ccccc1. The monoisotopic (exact) mass is 331 g/mol. The number of aliphatic carboxylic acids is 1. The Morgan fingerprint density at radius 1 is 1.09 bits per heavy atom. The van der Waals surface area contributed by atoms with Crippen LogP contribution in [0.2, 0.25) is 5.02 Å². The second kappa shape index (κ2) is 8.00. The fraction of sp³-hybridized carbons (Fsp3) is 0.0588. The van der Waals surface area contributed by atoms with Crippen molar-refractivity contribution in [3.8, 4) is 0 Å². The molecule has 0 aromatic heterocycles. The van der Waals surface area contributed by atoms with E-state index in [4.69, 9.17) is 16.3 Å². The van der Waals surface area contributed by atoms with Crippen molar-refractivity contribution >= 4 is 29.7 Å². The number of carboxylic acids is 1. The van der Waals surface area contributed by atoms with Gasteiger partial charge in [-0.3, -0.25) is 5.32 Å². The van der Waals surface area contributed by atoms with Gasteiger partial charge in [-0.05, 0) is 23.3 Å². The normalized spacial score (nSPS) is 10.9. The third-order valence-corrected chi connectivity index (χ3v) is 3.23. The molecule has 1 amide bonds. The minimum absolute atomic E-state index is 0.0473. The lowest BCUT2D eigenvalue weighted by molar-refractivity contribution is -0.132. The number of benzene rings is 2. The van der Waals surface area contributed by atoms with E-state index in [1.54, 1.807) is 36.4 Å². The molecule has 0 aliphatic rings. The summed E-state index contributed by atoms with van der Waals surface area (Å²) in [7, 11) is 0. The molecule has 6 heteroatoms. The van der Waals surface area contributed by atoms with E-state index in [9.17, 15) is 14.7 Å². The number of carbonyl (C=O) groups is 2. The predicted molar refractivity (Wildman–Crippen MR) is 86.8 cm³/mol. The number of nitrogens with one attached hydrogen (secondary N) is 1. The minimum Gasteiger partial charge on any atom is -0.477 e. The highest BCUT2D eigenvalue weighted by atomic mass is 35.5. The molecular formula is C17H14ClNO4. The number of carboxylic acid groups (broad SMARTS) is 1. The summed E-state index contributed by atoms with van der Waals surface area (Å²) in [6.45, 7) is 0.0473. The first-order valence-electron chi connectivity index (χ1n) is 6.73. The molecule has 0 bridgehead atoms. The minimum atomic E-state index is -1.29. The summed E-state index contributed by atoms with van der Waals surface area (Å²) < 4.78 is 4.99. The average molecular weight is 332 g/mol. The first-order chi connectivity index (χ1) is 11.1. The van der Waals surface area contributed by atoms with E-state index in [2.05, 4.69) is 5.32 Å². The lowest BCUT2D eigenvalue weighted by Gasteiger charge is -2.08. The molecule has 5 nitrogen and oxygen atoms in total. The Morgan fingerprint density at radius 3 is 2.39 bits per heavy atom. The molecule has 2 aromatic rings. The van der Waals surface area contributed by atoms with E-state index in [1.807, 2.05) is 18.2 Å². The van der Waals surface area contributed by atoms with Crippen LogP contribution in [0.15, 0.2) is 60.3 Å². The van der Waals surface area contributed by atoms with E-state index in [-0.39, 0.29) is 12.3 Å². The first kappa shape index (κ1) is 16.6.